The fraction of sp³-hybridized carbons (Fsp3) is 0.375. The number of nitrogens with zero attached hydrogens (tertiary/aromatic N) is 8. The van der Waals surface area contributed by atoms with Gasteiger partial charge >= 0.3 is 0 Å². The van der Waals surface area contributed by atoms with Crippen LogP contribution < -0.4 is 5.56 Å². The summed E-state index contributed by atoms with van der Waals surface area (Å²) in [7, 11) is 1.71. The molecule has 0 bridgehead atoms. The van der Waals surface area contributed by atoms with Crippen molar-refractivity contribution in [3.63, 3.8) is 0 Å². The summed E-state index contributed by atoms with van der Waals surface area (Å²) in [5, 5.41) is 21.7. The van der Waals surface area contributed by atoms with Crippen LogP contribution in [0.15, 0.2) is 28.2 Å². The summed E-state index contributed by atoms with van der Waals surface area (Å²) in [4.78, 5) is 12.6. The molecular formula is C16H18N8OS. The van der Waals surface area contributed by atoms with E-state index in [0.717, 1.165) is 22.1 Å². The zero-order valence-electron chi connectivity index (χ0n) is 14.9. The SMILES string of the molecule is Cc1ccc2c(c1)c(=O)n(C)c1nnc(CSc3nnnn3C(C)C)n21. The summed E-state index contributed by atoms with van der Waals surface area (Å²) < 4.78 is 5.22. The molecule has 10 heteroatoms. The predicted molar refractivity (Wildman–Crippen MR) is 98.2 cm³/mol. The molecule has 134 valence electrons. The first-order valence-electron chi connectivity index (χ1n) is 8.21. The highest BCUT2D eigenvalue weighted by atomic mass is 32.2. The van der Waals surface area contributed by atoms with E-state index in [2.05, 4.69) is 25.7 Å². The number of rotatable bonds is 4. The number of fused-ring (bicyclic) bond motifs is 3. The maximum atomic E-state index is 12.6. The molecule has 0 aliphatic carbocycles. The van der Waals surface area contributed by atoms with Gasteiger partial charge in [0.15, 0.2) is 0 Å². The Balaban J connectivity index is 1.83. The fourth-order valence-corrected chi connectivity index (χ4v) is 3.80. The van der Waals surface area contributed by atoms with Gasteiger partial charge in [0.1, 0.15) is 5.82 Å². The molecule has 0 spiro atoms. The first kappa shape index (κ1) is 16.7. The molecule has 0 aliphatic rings. The van der Waals surface area contributed by atoms with Gasteiger partial charge in [-0.2, -0.15) is 0 Å². The molecule has 3 heterocycles. The highest BCUT2D eigenvalue weighted by molar-refractivity contribution is 7.98. The Bertz CT molecular complexity index is 1170. The van der Waals surface area contributed by atoms with Gasteiger partial charge in [0.2, 0.25) is 10.9 Å². The molecule has 9 nitrogen and oxygen atoms in total. The molecule has 3 aromatic heterocycles. The van der Waals surface area contributed by atoms with E-state index in [9.17, 15) is 4.79 Å². The van der Waals surface area contributed by atoms with Crippen molar-refractivity contribution in [1.29, 1.82) is 0 Å². The zero-order valence-corrected chi connectivity index (χ0v) is 15.7. The number of benzene rings is 1. The Morgan fingerprint density at radius 2 is 2.00 bits per heavy atom. The molecular weight excluding hydrogens is 352 g/mol. The molecule has 4 rings (SSSR count). The molecule has 0 fully saturated rings. The summed E-state index contributed by atoms with van der Waals surface area (Å²) >= 11 is 1.49. The van der Waals surface area contributed by atoms with Gasteiger partial charge in [-0.25, -0.2) is 4.68 Å². The highest BCUT2D eigenvalue weighted by Crippen LogP contribution is 2.23. The van der Waals surface area contributed by atoms with E-state index >= 15 is 0 Å². The molecule has 0 saturated carbocycles. The van der Waals surface area contributed by atoms with Crippen LogP contribution in [0.4, 0.5) is 0 Å². The summed E-state index contributed by atoms with van der Waals surface area (Å²) in [6.45, 7) is 6.02. The van der Waals surface area contributed by atoms with Crippen LogP contribution in [0, 0.1) is 6.92 Å². The predicted octanol–water partition coefficient (Wildman–Crippen LogP) is 1.75. The van der Waals surface area contributed by atoms with E-state index in [1.807, 2.05) is 43.4 Å². The number of hydrogen-bond acceptors (Lipinski definition) is 7. The zero-order chi connectivity index (χ0) is 18.4. The minimum absolute atomic E-state index is 0.0773. The fourth-order valence-electron chi connectivity index (χ4n) is 2.89. The van der Waals surface area contributed by atoms with Crippen LogP contribution in [-0.2, 0) is 12.8 Å². The maximum Gasteiger partial charge on any atom is 0.262 e. The standard InChI is InChI=1S/C16H18N8OS/c1-9(2)24-16(19-20-21-24)26-8-13-17-18-15-22(4)14(25)11-7-10(3)5-6-12(11)23(13)15/h5-7,9H,8H2,1-4H3. The van der Waals surface area contributed by atoms with Crippen LogP contribution in [0.2, 0.25) is 0 Å². The molecule has 0 N–H and O–H groups in total. The lowest BCUT2D eigenvalue weighted by atomic mass is 10.1. The van der Waals surface area contributed by atoms with Gasteiger partial charge in [-0.3, -0.25) is 13.8 Å². The lowest BCUT2D eigenvalue weighted by molar-refractivity contribution is 0.477. The van der Waals surface area contributed by atoms with Gasteiger partial charge < -0.3 is 0 Å². The van der Waals surface area contributed by atoms with Gasteiger partial charge in [0, 0.05) is 7.05 Å². The third-order valence-electron chi connectivity index (χ3n) is 4.22. The first-order chi connectivity index (χ1) is 12.5. The van der Waals surface area contributed by atoms with Crippen molar-refractivity contribution < 1.29 is 0 Å². The van der Waals surface area contributed by atoms with Crippen LogP contribution in [0.25, 0.3) is 16.7 Å². The van der Waals surface area contributed by atoms with Crippen molar-refractivity contribution in [3.8, 4) is 0 Å². The quantitative estimate of drug-likeness (QED) is 0.505. The average molecular weight is 370 g/mol. The Hall–Kier alpha value is -2.75. The second kappa shape index (κ2) is 6.20. The summed E-state index contributed by atoms with van der Waals surface area (Å²) in [5.41, 5.74) is 1.76. The lowest BCUT2D eigenvalue weighted by Crippen LogP contribution is -2.20. The number of thioether (sulfide) groups is 1. The van der Waals surface area contributed by atoms with Crippen molar-refractivity contribution in [2.75, 3.05) is 0 Å². The Kier molecular flexibility index (Phi) is 3.98. The number of tetrazole rings is 1. The summed E-state index contributed by atoms with van der Waals surface area (Å²) in [5.74, 6) is 1.80. The topological polar surface area (TPSA) is 95.8 Å². The smallest absolute Gasteiger partial charge is 0.262 e. The maximum absolute atomic E-state index is 12.6. The molecule has 1 aromatic carbocycles. The minimum Gasteiger partial charge on any atom is -0.279 e. The minimum atomic E-state index is -0.0773. The number of aromatic nitrogens is 8. The van der Waals surface area contributed by atoms with Gasteiger partial charge in [0.25, 0.3) is 5.56 Å². The van der Waals surface area contributed by atoms with Crippen LogP contribution in [0.1, 0.15) is 31.3 Å². The van der Waals surface area contributed by atoms with Crippen molar-refractivity contribution >= 4 is 28.4 Å². The summed E-state index contributed by atoms with van der Waals surface area (Å²) in [6, 6.07) is 5.99. The monoisotopic (exact) mass is 370 g/mol. The molecule has 4 aromatic rings. The van der Waals surface area contributed by atoms with Crippen LogP contribution in [0.5, 0.6) is 0 Å². The molecule has 26 heavy (non-hydrogen) atoms. The second-order valence-corrected chi connectivity index (χ2v) is 7.37. The van der Waals surface area contributed by atoms with Gasteiger partial charge in [-0.05, 0) is 43.3 Å². The lowest BCUT2D eigenvalue weighted by Gasteiger charge is -2.09. The van der Waals surface area contributed by atoms with Crippen LogP contribution >= 0.6 is 11.8 Å². The molecule has 0 radical (unpaired) electrons. The van der Waals surface area contributed by atoms with E-state index in [1.54, 1.807) is 11.7 Å². The molecule has 0 unspecified atom stereocenters. The Morgan fingerprint density at radius 3 is 2.77 bits per heavy atom. The second-order valence-electron chi connectivity index (χ2n) is 6.42. The van der Waals surface area contributed by atoms with Crippen molar-refractivity contribution in [3.05, 3.63) is 39.9 Å². The molecule has 0 saturated heterocycles. The Morgan fingerprint density at radius 1 is 1.19 bits per heavy atom. The van der Waals surface area contributed by atoms with Gasteiger partial charge in [-0.1, -0.05) is 23.4 Å². The number of aryl methyl sites for hydroxylation is 2. The molecule has 0 aliphatic heterocycles. The molecule has 0 amide bonds. The van der Waals surface area contributed by atoms with Crippen molar-refractivity contribution in [2.24, 2.45) is 7.05 Å². The van der Waals surface area contributed by atoms with Crippen LogP contribution in [-0.4, -0.2) is 39.4 Å². The van der Waals surface area contributed by atoms with E-state index in [4.69, 9.17) is 0 Å². The van der Waals surface area contributed by atoms with Crippen molar-refractivity contribution in [1.82, 2.24) is 39.4 Å². The van der Waals surface area contributed by atoms with E-state index in [-0.39, 0.29) is 11.6 Å². The third-order valence-corrected chi connectivity index (χ3v) is 5.15. The Labute approximate surface area is 153 Å². The van der Waals surface area contributed by atoms with Crippen LogP contribution in [0.3, 0.4) is 0 Å². The van der Waals surface area contributed by atoms with E-state index in [0.29, 0.717) is 16.9 Å². The van der Waals surface area contributed by atoms with E-state index < -0.39 is 0 Å². The average Bonchev–Trinajstić information content (AvgIpc) is 3.24. The van der Waals surface area contributed by atoms with Gasteiger partial charge in [0.05, 0.1) is 22.7 Å². The normalized spacial score (nSPS) is 11.9. The largest absolute Gasteiger partial charge is 0.279 e. The third kappa shape index (κ3) is 2.57. The first-order valence-corrected chi connectivity index (χ1v) is 9.20. The summed E-state index contributed by atoms with van der Waals surface area (Å²) in [6.07, 6.45) is 0. The highest BCUT2D eigenvalue weighted by Gasteiger charge is 2.17. The van der Waals surface area contributed by atoms with Gasteiger partial charge in [-0.15, -0.1) is 15.3 Å². The number of hydrogen-bond donors (Lipinski definition) is 0. The van der Waals surface area contributed by atoms with Crippen molar-refractivity contribution in [2.45, 2.75) is 37.7 Å². The van der Waals surface area contributed by atoms with E-state index in [1.165, 1.54) is 16.3 Å². The molecule has 0 atom stereocenters.